The van der Waals surface area contributed by atoms with E-state index < -0.39 is 0 Å². The Kier molecular flexibility index (Phi) is 5.65. The van der Waals surface area contributed by atoms with Gasteiger partial charge in [-0.2, -0.15) is 0 Å². The summed E-state index contributed by atoms with van der Waals surface area (Å²) in [6.45, 7) is 0. The number of carbonyl (C=O) groups excluding carboxylic acids is 2. The molecule has 0 aliphatic heterocycles. The summed E-state index contributed by atoms with van der Waals surface area (Å²) >= 11 is 0. The highest BCUT2D eigenvalue weighted by Crippen LogP contribution is 2.68. The molecule has 4 bridgehead atoms. The number of rotatable bonds is 5. The van der Waals surface area contributed by atoms with Gasteiger partial charge in [-0.1, -0.05) is 86.4 Å². The summed E-state index contributed by atoms with van der Waals surface area (Å²) in [4.78, 5) is 31.4. The quantitative estimate of drug-likeness (QED) is 0.393. The van der Waals surface area contributed by atoms with Crippen LogP contribution in [0.25, 0.3) is 22.3 Å². The van der Waals surface area contributed by atoms with Crippen molar-refractivity contribution in [2.75, 3.05) is 28.2 Å². The fourth-order valence-corrected chi connectivity index (χ4v) is 11.1. The molecule has 0 heterocycles. The van der Waals surface area contributed by atoms with E-state index in [1.54, 1.807) is 0 Å². The number of likely N-dealkylation sites (N-methyl/N-ethyl adjacent to an activating group) is 2. The molecule has 2 aromatic rings. The molecule has 4 heteroatoms. The van der Waals surface area contributed by atoms with E-state index in [1.807, 2.05) is 0 Å². The molecule has 4 fully saturated rings. The van der Waals surface area contributed by atoms with E-state index in [-0.39, 0.29) is 21.9 Å². The van der Waals surface area contributed by atoms with Crippen LogP contribution in [0.5, 0.6) is 0 Å². The lowest BCUT2D eigenvalue weighted by Crippen LogP contribution is -2.48. The van der Waals surface area contributed by atoms with E-state index in [9.17, 15) is 9.59 Å². The summed E-state index contributed by atoms with van der Waals surface area (Å²) in [7, 11) is 8.68. The second kappa shape index (κ2) is 8.86. The van der Waals surface area contributed by atoms with Gasteiger partial charge in [-0.05, 0) is 99.1 Å². The molecule has 8 rings (SSSR count). The van der Waals surface area contributed by atoms with Crippen LogP contribution in [0.1, 0.15) is 75.3 Å². The Hall–Kier alpha value is -2.82. The summed E-state index contributed by atoms with van der Waals surface area (Å²) < 4.78 is 0. The number of nitrogens with zero attached hydrogens (tertiary/aromatic N) is 2. The number of carbonyl (C=O) groups is 2. The molecule has 0 unspecified atom stereocenters. The summed E-state index contributed by atoms with van der Waals surface area (Å²) in [6, 6.07) is 18.2. The molecule has 4 saturated carbocycles. The van der Waals surface area contributed by atoms with Gasteiger partial charge in [0.05, 0.1) is 21.9 Å². The second-order valence-corrected chi connectivity index (χ2v) is 14.8. The molecule has 2 aromatic carbocycles. The highest BCUT2D eigenvalue weighted by atomic mass is 16.1. The maximum atomic E-state index is 13.3. The Balaban J connectivity index is 1.11. The molecule has 4 nitrogen and oxygen atoms in total. The Bertz CT molecular complexity index is 1430. The van der Waals surface area contributed by atoms with Gasteiger partial charge in [-0.25, -0.2) is 0 Å². The normalized spacial score (nSPS) is 38.2. The smallest absolute Gasteiger partial charge is 0.145 e. The van der Waals surface area contributed by atoms with Gasteiger partial charge in [-0.15, -0.1) is 0 Å². The van der Waals surface area contributed by atoms with Gasteiger partial charge >= 0.3 is 0 Å². The third kappa shape index (κ3) is 3.11. The Labute approximate surface area is 250 Å². The van der Waals surface area contributed by atoms with E-state index in [4.69, 9.17) is 0 Å². The van der Waals surface area contributed by atoms with Crippen molar-refractivity contribution >= 4 is 22.7 Å². The number of Topliss-reactive ketones (excluding diaryl/α,β-unsaturated/α-hetero) is 2. The molecule has 0 amide bonds. The summed E-state index contributed by atoms with van der Waals surface area (Å²) in [5.41, 5.74) is 6.86. The van der Waals surface area contributed by atoms with Gasteiger partial charge in [0.2, 0.25) is 0 Å². The molecule has 0 aromatic heterocycles. The monoisotopic (exact) mass is 560 g/mol. The molecule has 42 heavy (non-hydrogen) atoms. The molecule has 0 radical (unpaired) electrons. The van der Waals surface area contributed by atoms with Crippen LogP contribution in [0.3, 0.4) is 0 Å². The van der Waals surface area contributed by atoms with Gasteiger partial charge < -0.3 is 0 Å². The number of hydrogen-bond acceptors (Lipinski definition) is 4. The maximum Gasteiger partial charge on any atom is 0.145 e. The molecule has 0 spiro atoms. The van der Waals surface area contributed by atoms with E-state index >= 15 is 0 Å². The molecular formula is C38H44N2O2. The van der Waals surface area contributed by atoms with Crippen LogP contribution >= 0.6 is 0 Å². The minimum atomic E-state index is -0.244. The van der Waals surface area contributed by atoms with Crippen LogP contribution < -0.4 is 0 Å². The van der Waals surface area contributed by atoms with E-state index in [0.717, 1.165) is 38.5 Å². The summed E-state index contributed by atoms with van der Waals surface area (Å²) in [5.74, 6) is 1.75. The summed E-state index contributed by atoms with van der Waals surface area (Å²) in [6.07, 6.45) is 15.2. The molecule has 6 aliphatic rings. The summed E-state index contributed by atoms with van der Waals surface area (Å²) in [5, 5.41) is 0. The largest absolute Gasteiger partial charge is 0.299 e. The van der Waals surface area contributed by atoms with Crippen LogP contribution in [0.4, 0.5) is 0 Å². The maximum absolute atomic E-state index is 13.3. The minimum absolute atomic E-state index is 0.171. The van der Waals surface area contributed by atoms with Crippen molar-refractivity contribution < 1.29 is 9.59 Å². The molecule has 0 N–H and O–H groups in total. The van der Waals surface area contributed by atoms with Crippen LogP contribution in [-0.4, -0.2) is 60.6 Å². The predicted octanol–water partition coefficient (Wildman–Crippen LogP) is 7.05. The first-order chi connectivity index (χ1) is 20.2. The molecular weight excluding hydrogens is 516 g/mol. The van der Waals surface area contributed by atoms with Crippen molar-refractivity contribution in [2.24, 2.45) is 22.7 Å². The van der Waals surface area contributed by atoms with Crippen molar-refractivity contribution in [3.8, 4) is 11.1 Å². The molecule has 0 saturated heterocycles. The zero-order valence-electron chi connectivity index (χ0n) is 25.7. The SMILES string of the molecule is CN(C)[C@@]12CC(=O)[C@]3(C=C1c1ccc(-c4ccc(C5=C[C@@]67CCCC[C@@H]6[C@]5(N(C)C)CC7=O)cc4)cc1)CCCC[C@@H]32. The average Bonchev–Trinajstić information content (AvgIpc) is 3.65. The van der Waals surface area contributed by atoms with Gasteiger partial charge in [0.15, 0.2) is 0 Å². The van der Waals surface area contributed by atoms with Crippen molar-refractivity contribution in [1.82, 2.24) is 9.80 Å². The first-order valence-corrected chi connectivity index (χ1v) is 16.3. The van der Waals surface area contributed by atoms with Gasteiger partial charge in [0.1, 0.15) is 11.6 Å². The number of benzene rings is 2. The lowest BCUT2D eigenvalue weighted by Gasteiger charge is -2.43. The molecule has 6 atom stereocenters. The van der Waals surface area contributed by atoms with Crippen LogP contribution in [0.15, 0.2) is 60.7 Å². The van der Waals surface area contributed by atoms with Crippen LogP contribution in [-0.2, 0) is 9.59 Å². The minimum Gasteiger partial charge on any atom is -0.299 e. The topological polar surface area (TPSA) is 40.6 Å². The van der Waals surface area contributed by atoms with Crippen LogP contribution in [0, 0.1) is 22.7 Å². The average molecular weight is 561 g/mol. The lowest BCUT2D eigenvalue weighted by molar-refractivity contribution is -0.126. The fraction of sp³-hybridized carbons (Fsp3) is 0.526. The third-order valence-corrected chi connectivity index (χ3v) is 13.0. The van der Waals surface area contributed by atoms with Crippen molar-refractivity contribution in [3.05, 3.63) is 71.8 Å². The zero-order valence-corrected chi connectivity index (χ0v) is 25.7. The third-order valence-electron chi connectivity index (χ3n) is 13.0. The standard InChI is InChI=1S/C38H44N2O2/c1-39(2)37-23-33(41)35(19-7-5-9-31(35)37)21-29(37)27-15-11-25(12-16-27)26-13-17-28(18-14-26)30-22-36-20-8-6-10-32(36)38(30,40(3)4)24-34(36)42/h11-18,21-22,31-32H,5-10,19-20,23-24H2,1-4H3/t31-,32-,35-,36-,37-,38-/m0/s1. The number of hydrogen-bond donors (Lipinski definition) is 0. The van der Waals surface area contributed by atoms with Crippen molar-refractivity contribution in [3.63, 3.8) is 0 Å². The van der Waals surface area contributed by atoms with E-state index in [2.05, 4.69) is 98.7 Å². The van der Waals surface area contributed by atoms with E-state index in [0.29, 0.717) is 36.2 Å². The first kappa shape index (κ1) is 26.8. The molecule has 218 valence electrons. The highest BCUT2D eigenvalue weighted by molar-refractivity contribution is 6.03. The Morgan fingerprint density at radius 1 is 0.548 bits per heavy atom. The van der Waals surface area contributed by atoms with Crippen molar-refractivity contribution in [2.45, 2.75) is 75.3 Å². The highest BCUT2D eigenvalue weighted by Gasteiger charge is 2.69. The van der Waals surface area contributed by atoms with E-state index in [1.165, 1.54) is 46.2 Å². The zero-order chi connectivity index (χ0) is 29.1. The van der Waals surface area contributed by atoms with Gasteiger partial charge in [0.25, 0.3) is 0 Å². The lowest BCUT2D eigenvalue weighted by atomic mass is 9.68. The fourth-order valence-electron chi connectivity index (χ4n) is 11.1. The second-order valence-electron chi connectivity index (χ2n) is 14.8. The van der Waals surface area contributed by atoms with Gasteiger partial charge in [-0.3, -0.25) is 19.4 Å². The first-order valence-electron chi connectivity index (χ1n) is 16.3. The van der Waals surface area contributed by atoms with Gasteiger partial charge in [0, 0.05) is 12.8 Å². The predicted molar refractivity (Wildman–Crippen MR) is 169 cm³/mol. The molecule has 6 aliphatic carbocycles. The Morgan fingerprint density at radius 2 is 0.905 bits per heavy atom. The number of allylic oxidation sites excluding steroid dienone is 2. The number of ketones is 2. The Morgan fingerprint density at radius 3 is 1.26 bits per heavy atom. The van der Waals surface area contributed by atoms with Crippen molar-refractivity contribution in [1.29, 1.82) is 0 Å². The van der Waals surface area contributed by atoms with Crippen LogP contribution in [0.2, 0.25) is 0 Å².